The highest BCUT2D eigenvalue weighted by Crippen LogP contribution is 2.36. The van der Waals surface area contributed by atoms with E-state index in [9.17, 15) is 9.90 Å². The fraction of sp³-hybridized carbons (Fsp3) is 0.435. The van der Waals surface area contributed by atoms with Gasteiger partial charge in [0.2, 0.25) is 0 Å². The monoisotopic (exact) mass is 396 g/mol. The minimum Gasteiger partial charge on any atom is -0.493 e. The molecule has 2 aliphatic rings. The first-order chi connectivity index (χ1) is 14.1. The van der Waals surface area contributed by atoms with Crippen LogP contribution in [0.4, 0.5) is 0 Å². The van der Waals surface area contributed by atoms with Gasteiger partial charge in [0.05, 0.1) is 19.8 Å². The highest BCUT2D eigenvalue weighted by atomic mass is 16.5. The molecule has 2 aliphatic heterocycles. The Morgan fingerprint density at radius 2 is 1.97 bits per heavy atom. The van der Waals surface area contributed by atoms with Crippen molar-refractivity contribution in [1.82, 2.24) is 10.2 Å². The molecule has 1 saturated heterocycles. The predicted octanol–water partition coefficient (Wildman–Crippen LogP) is 2.24. The van der Waals surface area contributed by atoms with Crippen molar-refractivity contribution in [2.24, 2.45) is 5.92 Å². The van der Waals surface area contributed by atoms with E-state index < -0.39 is 5.54 Å². The lowest BCUT2D eigenvalue weighted by Crippen LogP contribution is -2.54. The van der Waals surface area contributed by atoms with Crippen molar-refractivity contribution in [3.05, 3.63) is 59.2 Å². The summed E-state index contributed by atoms with van der Waals surface area (Å²) in [6.07, 6.45) is 1.65. The number of likely N-dealkylation sites (tertiary alicyclic amines) is 1. The minimum absolute atomic E-state index is 0.000839. The molecule has 0 radical (unpaired) electrons. The summed E-state index contributed by atoms with van der Waals surface area (Å²) >= 11 is 0. The lowest BCUT2D eigenvalue weighted by Gasteiger charge is -2.34. The number of aliphatic hydroxyl groups excluding tert-OH is 1. The molecule has 1 spiro atoms. The molecule has 2 atom stereocenters. The fourth-order valence-electron chi connectivity index (χ4n) is 4.77. The van der Waals surface area contributed by atoms with Crippen molar-refractivity contribution in [2.75, 3.05) is 33.9 Å². The normalized spacial score (nSPS) is 24.1. The number of hydrogen-bond acceptors (Lipinski definition) is 5. The third-order valence-corrected chi connectivity index (χ3v) is 6.31. The number of methoxy groups -OCH3 is 2. The van der Waals surface area contributed by atoms with E-state index in [2.05, 4.69) is 10.2 Å². The Bertz CT molecular complexity index is 900. The molecule has 1 fully saturated rings. The molecular weight excluding hydrogens is 368 g/mol. The maximum atomic E-state index is 12.9. The number of carbonyl (C=O) groups is 1. The van der Waals surface area contributed by atoms with Crippen LogP contribution < -0.4 is 14.8 Å². The zero-order valence-electron chi connectivity index (χ0n) is 17.0. The maximum absolute atomic E-state index is 12.9. The summed E-state index contributed by atoms with van der Waals surface area (Å²) in [5, 5.41) is 13.4. The summed E-state index contributed by atoms with van der Waals surface area (Å²) in [6.45, 7) is 2.23. The van der Waals surface area contributed by atoms with Crippen molar-refractivity contribution >= 4 is 5.91 Å². The number of nitrogens with zero attached hydrogens (tertiary/aromatic N) is 1. The number of hydrogen-bond donors (Lipinski definition) is 2. The summed E-state index contributed by atoms with van der Waals surface area (Å²) in [6, 6.07) is 13.7. The Balaban J connectivity index is 1.54. The highest BCUT2D eigenvalue weighted by molar-refractivity contribution is 5.96. The summed E-state index contributed by atoms with van der Waals surface area (Å²) in [5.74, 6) is 1.37. The van der Waals surface area contributed by atoms with Crippen molar-refractivity contribution in [3.63, 3.8) is 0 Å². The first-order valence-corrected chi connectivity index (χ1v) is 10.0. The quantitative estimate of drug-likeness (QED) is 0.811. The molecule has 4 rings (SSSR count). The average Bonchev–Trinajstić information content (AvgIpc) is 3.01. The van der Waals surface area contributed by atoms with E-state index in [1.165, 1.54) is 0 Å². The second-order valence-corrected chi connectivity index (χ2v) is 8.01. The number of benzene rings is 2. The van der Waals surface area contributed by atoms with Crippen LogP contribution in [-0.2, 0) is 13.0 Å². The number of nitrogens with one attached hydrogen (secondary N) is 1. The Labute approximate surface area is 171 Å². The van der Waals surface area contributed by atoms with Crippen molar-refractivity contribution in [3.8, 4) is 11.5 Å². The average molecular weight is 396 g/mol. The third-order valence-electron chi connectivity index (χ3n) is 6.31. The van der Waals surface area contributed by atoms with Gasteiger partial charge in [-0.25, -0.2) is 0 Å². The maximum Gasteiger partial charge on any atom is 0.252 e. The van der Waals surface area contributed by atoms with E-state index in [0.29, 0.717) is 18.0 Å². The predicted molar refractivity (Wildman–Crippen MR) is 110 cm³/mol. The number of ether oxygens (including phenoxy) is 2. The van der Waals surface area contributed by atoms with E-state index >= 15 is 0 Å². The smallest absolute Gasteiger partial charge is 0.252 e. The van der Waals surface area contributed by atoms with Gasteiger partial charge < -0.3 is 19.9 Å². The zero-order valence-corrected chi connectivity index (χ0v) is 17.0. The molecule has 0 aliphatic carbocycles. The summed E-state index contributed by atoms with van der Waals surface area (Å²) in [7, 11) is 3.26. The van der Waals surface area contributed by atoms with Crippen molar-refractivity contribution in [2.45, 2.75) is 24.9 Å². The van der Waals surface area contributed by atoms with E-state index in [-0.39, 0.29) is 18.4 Å². The first-order valence-electron chi connectivity index (χ1n) is 10.0. The Hall–Kier alpha value is -2.57. The molecule has 2 N–H and O–H groups in total. The standard InChI is InChI=1S/C23H28N2O4/c1-28-20-8-7-16(11-21(20)29-2)12-25-13-18(14-26)23(15-25)10-9-17-5-3-4-6-19(17)22(27)24-23/h3-8,11,18,26H,9-10,12-15H2,1-2H3,(H,24,27)/t18-,23+/m0/s1. The van der Waals surface area contributed by atoms with E-state index in [4.69, 9.17) is 9.47 Å². The minimum atomic E-state index is -0.415. The van der Waals surface area contributed by atoms with Gasteiger partial charge in [0.15, 0.2) is 11.5 Å². The van der Waals surface area contributed by atoms with Gasteiger partial charge in [0.25, 0.3) is 5.91 Å². The van der Waals surface area contributed by atoms with Crippen LogP contribution in [0.15, 0.2) is 42.5 Å². The fourth-order valence-corrected chi connectivity index (χ4v) is 4.77. The molecule has 2 aromatic rings. The third kappa shape index (κ3) is 3.70. The topological polar surface area (TPSA) is 71.0 Å². The van der Waals surface area contributed by atoms with Gasteiger partial charge in [0, 0.05) is 37.7 Å². The molecule has 29 heavy (non-hydrogen) atoms. The lowest BCUT2D eigenvalue weighted by atomic mass is 9.83. The molecule has 0 bridgehead atoms. The lowest BCUT2D eigenvalue weighted by molar-refractivity contribution is 0.0846. The molecule has 0 saturated carbocycles. The molecule has 1 amide bonds. The highest BCUT2D eigenvalue weighted by Gasteiger charge is 2.48. The van der Waals surface area contributed by atoms with Gasteiger partial charge >= 0.3 is 0 Å². The summed E-state index contributed by atoms with van der Waals surface area (Å²) < 4.78 is 10.7. The van der Waals surface area contributed by atoms with Gasteiger partial charge in [-0.1, -0.05) is 24.3 Å². The van der Waals surface area contributed by atoms with E-state index in [1.807, 2.05) is 42.5 Å². The van der Waals surface area contributed by atoms with Gasteiger partial charge in [0.1, 0.15) is 0 Å². The van der Waals surface area contributed by atoms with Gasteiger partial charge in [-0.2, -0.15) is 0 Å². The van der Waals surface area contributed by atoms with Crippen LogP contribution in [0.1, 0.15) is 27.9 Å². The van der Waals surface area contributed by atoms with Crippen molar-refractivity contribution < 1.29 is 19.4 Å². The van der Waals surface area contributed by atoms with E-state index in [1.54, 1.807) is 14.2 Å². The van der Waals surface area contributed by atoms with Crippen LogP contribution in [-0.4, -0.2) is 55.4 Å². The largest absolute Gasteiger partial charge is 0.493 e. The Morgan fingerprint density at radius 3 is 2.72 bits per heavy atom. The van der Waals surface area contributed by atoms with Crippen LogP contribution in [0.3, 0.4) is 0 Å². The SMILES string of the molecule is COc1ccc(CN2C[C@@H](CO)[C@@]3(CCc4ccccc4C(=O)N3)C2)cc1OC. The Morgan fingerprint density at radius 1 is 1.17 bits per heavy atom. The number of rotatable bonds is 5. The molecule has 6 heteroatoms. The first kappa shape index (κ1) is 19.7. The number of amides is 1. The van der Waals surface area contributed by atoms with Gasteiger partial charge in [-0.05, 0) is 42.2 Å². The van der Waals surface area contributed by atoms with Crippen LogP contribution in [0.25, 0.3) is 0 Å². The molecule has 0 unspecified atom stereocenters. The number of aryl methyl sites for hydroxylation is 1. The van der Waals surface area contributed by atoms with E-state index in [0.717, 1.165) is 42.6 Å². The van der Waals surface area contributed by atoms with Crippen LogP contribution in [0.5, 0.6) is 11.5 Å². The molecule has 6 nitrogen and oxygen atoms in total. The molecular formula is C23H28N2O4. The van der Waals surface area contributed by atoms with Crippen molar-refractivity contribution in [1.29, 1.82) is 0 Å². The summed E-state index contributed by atoms with van der Waals surface area (Å²) in [4.78, 5) is 15.2. The second-order valence-electron chi connectivity index (χ2n) is 8.01. The Kier molecular flexibility index (Phi) is 5.48. The molecule has 2 aromatic carbocycles. The number of fused-ring (bicyclic) bond motifs is 1. The van der Waals surface area contributed by atoms with Gasteiger partial charge in [-0.15, -0.1) is 0 Å². The number of aliphatic hydroxyl groups is 1. The van der Waals surface area contributed by atoms with Gasteiger partial charge in [-0.3, -0.25) is 9.69 Å². The zero-order chi connectivity index (χ0) is 20.4. The second kappa shape index (κ2) is 8.05. The molecule has 154 valence electrons. The number of carbonyl (C=O) groups excluding carboxylic acids is 1. The summed E-state index contributed by atoms with van der Waals surface area (Å²) in [5.41, 5.74) is 2.53. The van der Waals surface area contributed by atoms with Crippen LogP contribution >= 0.6 is 0 Å². The molecule has 0 aromatic heterocycles. The van der Waals surface area contributed by atoms with Crippen LogP contribution in [0.2, 0.25) is 0 Å². The molecule has 2 heterocycles. The van der Waals surface area contributed by atoms with Crippen LogP contribution in [0, 0.1) is 5.92 Å².